The molecule has 1 unspecified atom stereocenters. The van der Waals surface area contributed by atoms with Crippen LogP contribution < -0.4 is 0 Å². The Morgan fingerprint density at radius 3 is 2.61 bits per heavy atom. The minimum atomic E-state index is -0.943. The van der Waals surface area contributed by atoms with Crippen LogP contribution in [0.3, 0.4) is 0 Å². The normalized spacial score (nSPS) is 16.1. The fourth-order valence-corrected chi connectivity index (χ4v) is 2.51. The third-order valence-electron chi connectivity index (χ3n) is 3.72. The molecular weight excluding hydrogens is 298 g/mol. The van der Waals surface area contributed by atoms with E-state index in [2.05, 4.69) is 14.5 Å². The minimum absolute atomic E-state index is 0.346. The first-order valence-corrected chi connectivity index (χ1v) is 6.88. The number of carbonyl (C=O) groups is 3. The summed E-state index contributed by atoms with van der Waals surface area (Å²) >= 11 is 0. The van der Waals surface area contributed by atoms with Gasteiger partial charge in [-0.15, -0.1) is 0 Å². The zero-order valence-electron chi connectivity index (χ0n) is 12.5. The van der Waals surface area contributed by atoms with Crippen molar-refractivity contribution < 1.29 is 23.9 Å². The Labute approximate surface area is 131 Å². The van der Waals surface area contributed by atoms with Crippen LogP contribution >= 0.6 is 0 Å². The number of nitrogens with zero attached hydrogens (tertiary/aromatic N) is 1. The van der Waals surface area contributed by atoms with Crippen molar-refractivity contribution in [2.24, 2.45) is 5.92 Å². The van der Waals surface area contributed by atoms with Crippen molar-refractivity contribution in [3.8, 4) is 0 Å². The summed E-state index contributed by atoms with van der Waals surface area (Å²) in [4.78, 5) is 40.0. The second-order valence-electron chi connectivity index (χ2n) is 5.04. The molecule has 0 N–H and O–H groups in total. The molecule has 0 radical (unpaired) electrons. The van der Waals surface area contributed by atoms with Gasteiger partial charge < -0.3 is 9.47 Å². The minimum Gasteiger partial charge on any atom is -0.468 e. The molecule has 1 aliphatic rings. The van der Waals surface area contributed by atoms with Gasteiger partial charge >= 0.3 is 11.9 Å². The second kappa shape index (κ2) is 5.64. The first-order valence-electron chi connectivity index (χ1n) is 6.88. The van der Waals surface area contributed by atoms with E-state index in [1.807, 2.05) is 0 Å². The molecule has 1 atom stereocenters. The summed E-state index contributed by atoms with van der Waals surface area (Å²) in [6, 6.07) is 6.56. The van der Waals surface area contributed by atoms with Crippen molar-refractivity contribution in [1.82, 2.24) is 4.98 Å². The molecule has 3 rings (SSSR count). The van der Waals surface area contributed by atoms with Crippen LogP contribution in [0.1, 0.15) is 26.4 Å². The van der Waals surface area contributed by atoms with Crippen molar-refractivity contribution in [1.29, 1.82) is 0 Å². The number of hydrogen-bond acceptors (Lipinski definition) is 6. The van der Waals surface area contributed by atoms with E-state index < -0.39 is 17.9 Å². The standard InChI is InChI=1S/C17H13NO5/c1-22-16(20)10-4-3-9-7-12-13(18-14(9)8-10)6-5-11(15(12)19)17(21)23-2/h3-8,11H,1-2H3. The van der Waals surface area contributed by atoms with Crippen LogP contribution in [0.5, 0.6) is 0 Å². The van der Waals surface area contributed by atoms with Crippen molar-refractivity contribution in [2.45, 2.75) is 0 Å². The number of pyridine rings is 1. The number of Topliss-reactive ketones (excluding diaryl/α,β-unsaturated/α-hetero) is 1. The number of benzene rings is 1. The van der Waals surface area contributed by atoms with Crippen LogP contribution in [0.2, 0.25) is 0 Å². The van der Waals surface area contributed by atoms with E-state index in [-0.39, 0.29) is 5.78 Å². The smallest absolute Gasteiger partial charge is 0.337 e. The number of fused-ring (bicyclic) bond motifs is 2. The molecule has 0 bridgehead atoms. The number of ketones is 1. The first-order chi connectivity index (χ1) is 11.0. The highest BCUT2D eigenvalue weighted by molar-refractivity contribution is 6.14. The van der Waals surface area contributed by atoms with Gasteiger partial charge in [0.05, 0.1) is 31.0 Å². The van der Waals surface area contributed by atoms with E-state index in [1.165, 1.54) is 20.3 Å². The third-order valence-corrected chi connectivity index (χ3v) is 3.72. The Balaban J connectivity index is 2.10. The molecule has 6 nitrogen and oxygen atoms in total. The van der Waals surface area contributed by atoms with Gasteiger partial charge in [0.15, 0.2) is 5.78 Å². The topological polar surface area (TPSA) is 82.6 Å². The van der Waals surface area contributed by atoms with E-state index in [4.69, 9.17) is 0 Å². The van der Waals surface area contributed by atoms with Crippen LogP contribution in [-0.4, -0.2) is 36.9 Å². The molecule has 0 saturated carbocycles. The van der Waals surface area contributed by atoms with E-state index in [0.717, 1.165) is 0 Å². The lowest BCUT2D eigenvalue weighted by Crippen LogP contribution is -2.26. The average molecular weight is 311 g/mol. The highest BCUT2D eigenvalue weighted by Gasteiger charge is 2.31. The largest absolute Gasteiger partial charge is 0.468 e. The number of aromatic nitrogens is 1. The number of carbonyl (C=O) groups excluding carboxylic acids is 3. The molecule has 116 valence electrons. The van der Waals surface area contributed by atoms with E-state index in [9.17, 15) is 14.4 Å². The number of hydrogen-bond donors (Lipinski definition) is 0. The summed E-state index contributed by atoms with van der Waals surface area (Å²) in [7, 11) is 2.55. The van der Waals surface area contributed by atoms with Gasteiger partial charge in [0.25, 0.3) is 0 Å². The van der Waals surface area contributed by atoms with Crippen LogP contribution in [-0.2, 0) is 14.3 Å². The third kappa shape index (κ3) is 2.48. The Bertz CT molecular complexity index is 869. The maximum Gasteiger partial charge on any atom is 0.337 e. The molecule has 1 aromatic heterocycles. The van der Waals surface area contributed by atoms with Crippen LogP contribution in [0.25, 0.3) is 17.0 Å². The summed E-state index contributed by atoms with van der Waals surface area (Å²) in [5, 5.41) is 0.698. The maximum absolute atomic E-state index is 12.4. The van der Waals surface area contributed by atoms with Gasteiger partial charge in [0.1, 0.15) is 5.92 Å². The molecule has 23 heavy (non-hydrogen) atoms. The summed E-state index contributed by atoms with van der Waals surface area (Å²) in [6.45, 7) is 0. The lowest BCUT2D eigenvalue weighted by Gasteiger charge is -2.16. The quantitative estimate of drug-likeness (QED) is 0.623. The van der Waals surface area contributed by atoms with Gasteiger partial charge in [-0.3, -0.25) is 9.59 Å². The molecule has 0 spiro atoms. The van der Waals surface area contributed by atoms with Gasteiger partial charge in [-0.05, 0) is 24.3 Å². The zero-order chi connectivity index (χ0) is 16.6. The van der Waals surface area contributed by atoms with E-state index >= 15 is 0 Å². The fourth-order valence-electron chi connectivity index (χ4n) is 2.51. The first kappa shape index (κ1) is 14.9. The van der Waals surface area contributed by atoms with E-state index in [1.54, 1.807) is 30.3 Å². The molecule has 2 aromatic rings. The average Bonchev–Trinajstić information content (AvgIpc) is 2.59. The highest BCUT2D eigenvalue weighted by Crippen LogP contribution is 2.26. The SMILES string of the molecule is COC(=O)c1ccc2cc3c(nc2c1)C=CC(C(=O)OC)C3=O. The van der Waals surface area contributed by atoms with Crippen molar-refractivity contribution in [3.05, 3.63) is 47.2 Å². The molecule has 1 aromatic carbocycles. The monoisotopic (exact) mass is 311 g/mol. The van der Waals surface area contributed by atoms with Crippen LogP contribution in [0.15, 0.2) is 30.3 Å². The molecule has 1 aliphatic carbocycles. The molecule has 0 fully saturated rings. The van der Waals surface area contributed by atoms with Crippen molar-refractivity contribution >= 4 is 34.7 Å². The van der Waals surface area contributed by atoms with Gasteiger partial charge in [-0.25, -0.2) is 9.78 Å². The summed E-state index contributed by atoms with van der Waals surface area (Å²) in [6.07, 6.45) is 3.09. The van der Waals surface area contributed by atoms with Crippen molar-refractivity contribution in [3.63, 3.8) is 0 Å². The van der Waals surface area contributed by atoms with Gasteiger partial charge in [-0.2, -0.15) is 0 Å². The molecule has 1 heterocycles. The predicted octanol–water partition coefficient (Wildman–Crippen LogP) is 2.02. The lowest BCUT2D eigenvalue weighted by molar-refractivity contribution is -0.142. The second-order valence-corrected chi connectivity index (χ2v) is 5.04. The molecule has 0 amide bonds. The Morgan fingerprint density at radius 1 is 1.13 bits per heavy atom. The number of methoxy groups -OCH3 is 2. The number of rotatable bonds is 2. The highest BCUT2D eigenvalue weighted by atomic mass is 16.5. The molecule has 6 heteroatoms. The maximum atomic E-state index is 12.4. The van der Waals surface area contributed by atoms with E-state index in [0.29, 0.717) is 27.7 Å². The van der Waals surface area contributed by atoms with Crippen LogP contribution in [0.4, 0.5) is 0 Å². The summed E-state index contributed by atoms with van der Waals surface area (Å²) < 4.78 is 9.32. The Kier molecular flexibility index (Phi) is 3.65. The number of ether oxygens (including phenoxy) is 2. The lowest BCUT2D eigenvalue weighted by atomic mass is 9.90. The van der Waals surface area contributed by atoms with Gasteiger partial charge in [0, 0.05) is 10.9 Å². The molecular formula is C17H13NO5. The van der Waals surface area contributed by atoms with Gasteiger partial charge in [0.2, 0.25) is 0 Å². The van der Waals surface area contributed by atoms with Gasteiger partial charge in [-0.1, -0.05) is 12.1 Å². The number of esters is 2. The summed E-state index contributed by atoms with van der Waals surface area (Å²) in [5.41, 5.74) is 1.78. The zero-order valence-corrected chi connectivity index (χ0v) is 12.5. The molecule has 0 aliphatic heterocycles. The van der Waals surface area contributed by atoms with Crippen molar-refractivity contribution in [2.75, 3.05) is 14.2 Å². The van der Waals surface area contributed by atoms with Crippen LogP contribution in [0, 0.1) is 5.92 Å². The fraction of sp³-hybridized carbons (Fsp3) is 0.176. The Hall–Kier alpha value is -3.02. The predicted molar refractivity (Wildman–Crippen MR) is 82.0 cm³/mol. The molecule has 0 saturated heterocycles. The Morgan fingerprint density at radius 2 is 1.91 bits per heavy atom. The summed E-state index contributed by atoms with van der Waals surface area (Å²) in [5.74, 6) is -2.34.